The van der Waals surface area contributed by atoms with Crippen molar-refractivity contribution < 1.29 is 19.0 Å². The number of benzene rings is 1. The first-order chi connectivity index (χ1) is 18.8. The van der Waals surface area contributed by atoms with Crippen LogP contribution >= 0.6 is 0 Å². The van der Waals surface area contributed by atoms with Gasteiger partial charge in [0.2, 0.25) is 0 Å². The molecule has 0 radical (unpaired) electrons. The number of nitrogens with zero attached hydrogens (tertiary/aromatic N) is 4. The lowest BCUT2D eigenvalue weighted by Crippen LogP contribution is -2.26. The van der Waals surface area contributed by atoms with Gasteiger partial charge in [0, 0.05) is 35.9 Å². The number of hydrogen-bond acceptors (Lipinski definition) is 8. The number of carbonyl (C=O) groups is 1. The Labute approximate surface area is 222 Å². The Balaban J connectivity index is 1.35. The number of anilines is 1. The van der Waals surface area contributed by atoms with Crippen LogP contribution in [0.1, 0.15) is 28.5 Å². The van der Waals surface area contributed by atoms with E-state index in [9.17, 15) is 19.1 Å². The standard InChI is InChI=1S/C28H25FN6O4/c1-16-11-22(28(38)35(14-16)20-6-3-18(29)4-7-20)23(37)12-19-5-8-21(13-31-19)39-24-9-10-30-26-25(24)27(34-33-26)32-17(2)15-36/h3-11,13-14,17,36H,12,15H2,1-2H3,(H2,30,32,33,34)/t17-/m1/s1. The number of nitrogens with one attached hydrogen (secondary N) is 2. The van der Waals surface area contributed by atoms with E-state index in [1.165, 1.54) is 35.0 Å². The third-order valence-electron chi connectivity index (χ3n) is 6.01. The summed E-state index contributed by atoms with van der Waals surface area (Å²) in [5.41, 5.74) is 1.69. The zero-order valence-electron chi connectivity index (χ0n) is 21.2. The topological polar surface area (TPSA) is 135 Å². The molecule has 0 saturated heterocycles. The van der Waals surface area contributed by atoms with Gasteiger partial charge in [0.15, 0.2) is 17.2 Å². The summed E-state index contributed by atoms with van der Waals surface area (Å²) < 4.78 is 20.7. The normalized spacial score (nSPS) is 11.9. The summed E-state index contributed by atoms with van der Waals surface area (Å²) in [6.45, 7) is 3.52. The van der Waals surface area contributed by atoms with Crippen LogP contribution in [-0.2, 0) is 6.42 Å². The molecule has 10 nitrogen and oxygen atoms in total. The summed E-state index contributed by atoms with van der Waals surface area (Å²) >= 11 is 0. The fourth-order valence-electron chi connectivity index (χ4n) is 4.07. The lowest BCUT2D eigenvalue weighted by molar-refractivity contribution is 0.0990. The highest BCUT2D eigenvalue weighted by Gasteiger charge is 2.17. The molecule has 3 N–H and O–H groups in total. The number of fused-ring (bicyclic) bond motifs is 1. The van der Waals surface area contributed by atoms with E-state index in [1.807, 2.05) is 6.92 Å². The van der Waals surface area contributed by atoms with Gasteiger partial charge in [-0.15, -0.1) is 0 Å². The van der Waals surface area contributed by atoms with Crippen molar-refractivity contribution in [3.8, 4) is 17.2 Å². The number of hydrogen-bond donors (Lipinski definition) is 3. The molecule has 4 aromatic heterocycles. The summed E-state index contributed by atoms with van der Waals surface area (Å²) in [5, 5.41) is 20.1. The zero-order chi connectivity index (χ0) is 27.5. The van der Waals surface area contributed by atoms with Gasteiger partial charge < -0.3 is 15.2 Å². The number of halogens is 1. The fraction of sp³-hybridized carbons (Fsp3) is 0.179. The highest BCUT2D eigenvalue weighted by Crippen LogP contribution is 2.32. The third-order valence-corrected chi connectivity index (χ3v) is 6.01. The molecule has 198 valence electrons. The number of aromatic nitrogens is 5. The molecule has 1 aromatic carbocycles. The summed E-state index contributed by atoms with van der Waals surface area (Å²) in [6, 6.07) is 11.8. The molecule has 0 saturated carbocycles. The molecular weight excluding hydrogens is 503 g/mol. The largest absolute Gasteiger partial charge is 0.455 e. The highest BCUT2D eigenvalue weighted by molar-refractivity contribution is 5.97. The van der Waals surface area contributed by atoms with Crippen molar-refractivity contribution in [1.82, 2.24) is 24.7 Å². The maximum atomic E-state index is 13.3. The van der Waals surface area contributed by atoms with E-state index < -0.39 is 11.4 Å². The second kappa shape index (κ2) is 10.8. The Hall–Kier alpha value is -4.90. The molecule has 4 heterocycles. The molecule has 39 heavy (non-hydrogen) atoms. The van der Waals surface area contributed by atoms with E-state index in [1.54, 1.807) is 43.6 Å². The predicted octanol–water partition coefficient (Wildman–Crippen LogP) is 3.96. The van der Waals surface area contributed by atoms with Gasteiger partial charge in [-0.3, -0.25) is 24.2 Å². The van der Waals surface area contributed by atoms with Crippen LogP contribution in [0.4, 0.5) is 10.2 Å². The van der Waals surface area contributed by atoms with Crippen LogP contribution in [0.2, 0.25) is 0 Å². The van der Waals surface area contributed by atoms with Crippen molar-refractivity contribution >= 4 is 22.6 Å². The zero-order valence-corrected chi connectivity index (χ0v) is 21.2. The molecule has 0 fully saturated rings. The lowest BCUT2D eigenvalue weighted by atomic mass is 10.1. The Morgan fingerprint density at radius 3 is 2.69 bits per heavy atom. The monoisotopic (exact) mass is 528 g/mol. The second-order valence-corrected chi connectivity index (χ2v) is 9.10. The van der Waals surface area contributed by atoms with Crippen LogP contribution in [0.5, 0.6) is 11.5 Å². The molecule has 0 unspecified atom stereocenters. The van der Waals surface area contributed by atoms with Crippen LogP contribution in [0.15, 0.2) is 71.9 Å². The Bertz CT molecular complexity index is 1700. The van der Waals surface area contributed by atoms with Gasteiger partial charge in [-0.1, -0.05) is 0 Å². The van der Waals surface area contributed by atoms with Crippen molar-refractivity contribution in [1.29, 1.82) is 0 Å². The van der Waals surface area contributed by atoms with Gasteiger partial charge in [-0.2, -0.15) is 5.10 Å². The van der Waals surface area contributed by atoms with Crippen molar-refractivity contribution in [2.75, 3.05) is 11.9 Å². The number of rotatable bonds is 9. The van der Waals surface area contributed by atoms with Gasteiger partial charge in [-0.05, 0) is 61.9 Å². The molecule has 5 aromatic rings. The Kier molecular flexibility index (Phi) is 7.15. The maximum Gasteiger partial charge on any atom is 0.265 e. The van der Waals surface area contributed by atoms with E-state index >= 15 is 0 Å². The smallest absolute Gasteiger partial charge is 0.265 e. The number of Topliss-reactive ketones (excluding diaryl/α,β-unsaturated/α-hetero) is 1. The predicted molar refractivity (Wildman–Crippen MR) is 143 cm³/mol. The highest BCUT2D eigenvalue weighted by atomic mass is 19.1. The molecule has 11 heteroatoms. The summed E-state index contributed by atoms with van der Waals surface area (Å²) in [5.74, 6) is 0.599. The van der Waals surface area contributed by atoms with Gasteiger partial charge >= 0.3 is 0 Å². The molecule has 0 spiro atoms. The Morgan fingerprint density at radius 1 is 1.18 bits per heavy atom. The van der Waals surface area contributed by atoms with Crippen LogP contribution in [-0.4, -0.2) is 48.3 Å². The molecule has 0 amide bonds. The van der Waals surface area contributed by atoms with Crippen molar-refractivity contribution in [2.45, 2.75) is 26.3 Å². The number of ether oxygens (including phenoxy) is 1. The molecule has 0 aliphatic heterocycles. The number of pyridine rings is 3. The molecular formula is C28H25FN6O4. The van der Waals surface area contributed by atoms with Gasteiger partial charge in [0.05, 0.1) is 24.8 Å². The van der Waals surface area contributed by atoms with E-state index in [2.05, 4.69) is 25.5 Å². The number of aliphatic hydroxyl groups is 1. The Morgan fingerprint density at radius 2 is 1.97 bits per heavy atom. The van der Waals surface area contributed by atoms with Crippen LogP contribution in [0.25, 0.3) is 16.7 Å². The molecule has 0 aliphatic rings. The van der Waals surface area contributed by atoms with Gasteiger partial charge in [0.25, 0.3) is 5.56 Å². The van der Waals surface area contributed by atoms with E-state index in [4.69, 9.17) is 4.74 Å². The molecule has 1 atom stereocenters. The average molecular weight is 529 g/mol. The molecule has 0 aliphatic carbocycles. The van der Waals surface area contributed by atoms with Crippen molar-refractivity contribution in [3.63, 3.8) is 0 Å². The number of ketones is 1. The summed E-state index contributed by atoms with van der Waals surface area (Å²) in [7, 11) is 0. The maximum absolute atomic E-state index is 13.3. The first-order valence-corrected chi connectivity index (χ1v) is 12.2. The number of aryl methyl sites for hydroxylation is 1. The summed E-state index contributed by atoms with van der Waals surface area (Å²) in [6.07, 6.45) is 4.59. The van der Waals surface area contributed by atoms with E-state index in [0.717, 1.165) is 0 Å². The first kappa shape index (κ1) is 25.7. The average Bonchev–Trinajstić information content (AvgIpc) is 3.34. The lowest BCUT2D eigenvalue weighted by Gasteiger charge is -2.12. The van der Waals surface area contributed by atoms with Crippen molar-refractivity contribution in [3.05, 3.63) is 100 Å². The third kappa shape index (κ3) is 5.53. The minimum atomic E-state index is -0.487. The van der Waals surface area contributed by atoms with Crippen LogP contribution < -0.4 is 15.6 Å². The second-order valence-electron chi connectivity index (χ2n) is 9.10. The minimum absolute atomic E-state index is 0.0257. The molecule has 0 bridgehead atoms. The number of carbonyl (C=O) groups excluding carboxylic acids is 1. The van der Waals surface area contributed by atoms with Gasteiger partial charge in [0.1, 0.15) is 22.7 Å². The van der Waals surface area contributed by atoms with E-state index in [0.29, 0.717) is 45.3 Å². The fourth-order valence-corrected chi connectivity index (χ4v) is 4.07. The number of H-pyrrole nitrogens is 1. The van der Waals surface area contributed by atoms with Crippen LogP contribution in [0, 0.1) is 12.7 Å². The van der Waals surface area contributed by atoms with Crippen LogP contribution in [0.3, 0.4) is 0 Å². The quantitative estimate of drug-likeness (QED) is 0.245. The van der Waals surface area contributed by atoms with E-state index in [-0.39, 0.29) is 30.4 Å². The van der Waals surface area contributed by atoms with Gasteiger partial charge in [-0.25, -0.2) is 9.37 Å². The summed E-state index contributed by atoms with van der Waals surface area (Å²) in [4.78, 5) is 34.8. The minimum Gasteiger partial charge on any atom is -0.455 e. The SMILES string of the molecule is Cc1cc(C(=O)Cc2ccc(Oc3ccnc4[nH]nc(N[C@H](C)CO)c34)cn2)c(=O)n(-c2ccc(F)cc2)c1. The number of aliphatic hydroxyl groups excluding tert-OH is 1. The van der Waals surface area contributed by atoms with Crippen molar-refractivity contribution in [2.24, 2.45) is 0 Å². The molecule has 5 rings (SSSR count). The first-order valence-electron chi connectivity index (χ1n) is 12.2. The number of aromatic amines is 1.